The molecule has 1 aromatic carbocycles. The molecule has 1 amide bonds. The Morgan fingerprint density at radius 1 is 1.39 bits per heavy atom. The van der Waals surface area contributed by atoms with E-state index >= 15 is 0 Å². The Bertz CT molecular complexity index is 553. The first-order valence-electron chi connectivity index (χ1n) is 5.52. The number of amides is 1. The Morgan fingerprint density at radius 3 is 2.83 bits per heavy atom. The van der Waals surface area contributed by atoms with Crippen LogP contribution in [-0.4, -0.2) is 26.8 Å². The largest absolute Gasteiger partial charge is 0.325 e. The van der Waals surface area contributed by atoms with Crippen LogP contribution in [0.5, 0.6) is 0 Å². The van der Waals surface area contributed by atoms with Gasteiger partial charge in [-0.05, 0) is 25.5 Å². The van der Waals surface area contributed by atoms with Gasteiger partial charge in [0.2, 0.25) is 11.1 Å². The van der Waals surface area contributed by atoms with Crippen molar-refractivity contribution >= 4 is 23.4 Å². The number of aryl methyl sites for hydroxylation is 2. The first kappa shape index (κ1) is 12.6. The van der Waals surface area contributed by atoms with E-state index in [9.17, 15) is 4.79 Å². The quantitative estimate of drug-likeness (QED) is 0.828. The standard InChI is InChI=1S/C12H14N4OS/c1-8-5-3-4-6-10(8)14-11(17)7-18-12-13-9(2)15-16-12/h3-6H,7H2,1-2H3,(H,14,17)(H,13,15,16). The van der Waals surface area contributed by atoms with Gasteiger partial charge in [0, 0.05) is 5.69 Å². The van der Waals surface area contributed by atoms with Gasteiger partial charge >= 0.3 is 0 Å². The molecule has 2 N–H and O–H groups in total. The summed E-state index contributed by atoms with van der Waals surface area (Å²) in [5, 5.41) is 10.1. The van der Waals surface area contributed by atoms with Gasteiger partial charge in [-0.15, -0.1) is 5.10 Å². The third-order valence-corrected chi connectivity index (χ3v) is 3.18. The monoisotopic (exact) mass is 262 g/mol. The number of para-hydroxylation sites is 1. The highest BCUT2D eigenvalue weighted by Crippen LogP contribution is 2.15. The molecule has 2 rings (SSSR count). The summed E-state index contributed by atoms with van der Waals surface area (Å²) in [5.74, 6) is 0.986. The van der Waals surface area contributed by atoms with Crippen molar-refractivity contribution in [2.45, 2.75) is 19.0 Å². The lowest BCUT2D eigenvalue weighted by Gasteiger charge is -2.06. The number of H-pyrrole nitrogens is 1. The zero-order valence-electron chi connectivity index (χ0n) is 10.2. The van der Waals surface area contributed by atoms with Gasteiger partial charge in [-0.25, -0.2) is 4.98 Å². The van der Waals surface area contributed by atoms with Crippen LogP contribution in [0, 0.1) is 13.8 Å². The number of benzene rings is 1. The first-order valence-corrected chi connectivity index (χ1v) is 6.51. The van der Waals surface area contributed by atoms with Crippen molar-refractivity contribution in [1.29, 1.82) is 0 Å². The second-order valence-electron chi connectivity index (χ2n) is 3.86. The van der Waals surface area contributed by atoms with E-state index in [-0.39, 0.29) is 5.91 Å². The lowest BCUT2D eigenvalue weighted by Crippen LogP contribution is -2.14. The molecule has 5 nitrogen and oxygen atoms in total. The van der Waals surface area contributed by atoms with Crippen LogP contribution in [0.2, 0.25) is 0 Å². The van der Waals surface area contributed by atoms with Gasteiger partial charge in [-0.2, -0.15) is 0 Å². The molecular formula is C12H14N4OS. The summed E-state index contributed by atoms with van der Waals surface area (Å²) in [6.45, 7) is 3.78. The zero-order valence-corrected chi connectivity index (χ0v) is 11.0. The van der Waals surface area contributed by atoms with E-state index in [4.69, 9.17) is 0 Å². The molecule has 0 aliphatic carbocycles. The number of thioether (sulfide) groups is 1. The maximum Gasteiger partial charge on any atom is 0.234 e. The highest BCUT2D eigenvalue weighted by molar-refractivity contribution is 7.99. The number of aromatic nitrogens is 3. The molecule has 0 fully saturated rings. The maximum absolute atomic E-state index is 11.7. The van der Waals surface area contributed by atoms with Crippen LogP contribution in [0.1, 0.15) is 11.4 Å². The molecule has 0 saturated carbocycles. The van der Waals surface area contributed by atoms with E-state index in [1.54, 1.807) is 0 Å². The van der Waals surface area contributed by atoms with Gasteiger partial charge in [0.05, 0.1) is 5.75 Å². The predicted molar refractivity (Wildman–Crippen MR) is 71.7 cm³/mol. The predicted octanol–water partition coefficient (Wildman–Crippen LogP) is 2.15. The van der Waals surface area contributed by atoms with Gasteiger partial charge in [-0.1, -0.05) is 30.0 Å². The fourth-order valence-corrected chi connectivity index (χ4v) is 2.06. The van der Waals surface area contributed by atoms with Crippen LogP contribution in [0.25, 0.3) is 0 Å². The average molecular weight is 262 g/mol. The minimum absolute atomic E-state index is 0.0586. The van der Waals surface area contributed by atoms with E-state index in [2.05, 4.69) is 20.5 Å². The fourth-order valence-electron chi connectivity index (χ4n) is 1.42. The number of carbonyl (C=O) groups excluding carboxylic acids is 1. The van der Waals surface area contributed by atoms with Gasteiger partial charge < -0.3 is 5.32 Å². The number of anilines is 1. The van der Waals surface area contributed by atoms with Crippen molar-refractivity contribution < 1.29 is 4.79 Å². The number of nitrogens with one attached hydrogen (secondary N) is 2. The Labute approximate surface area is 109 Å². The molecule has 1 heterocycles. The number of nitrogens with zero attached hydrogens (tertiary/aromatic N) is 2. The molecule has 6 heteroatoms. The van der Waals surface area contributed by atoms with Crippen molar-refractivity contribution in [2.24, 2.45) is 0 Å². The van der Waals surface area contributed by atoms with Gasteiger partial charge in [-0.3, -0.25) is 9.89 Å². The molecule has 0 bridgehead atoms. The Morgan fingerprint density at radius 2 is 2.17 bits per heavy atom. The number of aromatic amines is 1. The van der Waals surface area contributed by atoms with Crippen LogP contribution < -0.4 is 5.32 Å². The summed E-state index contributed by atoms with van der Waals surface area (Å²) in [7, 11) is 0. The number of hydrogen-bond donors (Lipinski definition) is 2. The second-order valence-corrected chi connectivity index (χ2v) is 4.80. The molecule has 18 heavy (non-hydrogen) atoms. The smallest absolute Gasteiger partial charge is 0.234 e. The van der Waals surface area contributed by atoms with Crippen molar-refractivity contribution in [1.82, 2.24) is 15.2 Å². The average Bonchev–Trinajstić information content (AvgIpc) is 2.76. The highest BCUT2D eigenvalue weighted by Gasteiger charge is 2.07. The van der Waals surface area contributed by atoms with Crippen LogP contribution in [0.4, 0.5) is 5.69 Å². The minimum atomic E-state index is -0.0586. The summed E-state index contributed by atoms with van der Waals surface area (Å²) in [4.78, 5) is 15.9. The third-order valence-electron chi connectivity index (χ3n) is 2.33. The second kappa shape index (κ2) is 5.68. The molecule has 0 aliphatic heterocycles. The molecule has 0 saturated heterocycles. The Kier molecular flexibility index (Phi) is 3.99. The molecule has 2 aromatic rings. The highest BCUT2D eigenvalue weighted by atomic mass is 32.2. The summed E-state index contributed by atoms with van der Waals surface area (Å²) in [5.41, 5.74) is 1.89. The van der Waals surface area contributed by atoms with Gasteiger partial charge in [0.15, 0.2) is 0 Å². The summed E-state index contributed by atoms with van der Waals surface area (Å²) in [6, 6.07) is 7.68. The number of rotatable bonds is 4. The van der Waals surface area contributed by atoms with Crippen LogP contribution >= 0.6 is 11.8 Å². The Hall–Kier alpha value is -1.82. The molecule has 0 unspecified atom stereocenters. The van der Waals surface area contributed by atoms with Crippen LogP contribution in [0.15, 0.2) is 29.4 Å². The van der Waals surface area contributed by atoms with Crippen LogP contribution in [0.3, 0.4) is 0 Å². The van der Waals surface area contributed by atoms with E-state index < -0.39 is 0 Å². The third kappa shape index (κ3) is 3.33. The minimum Gasteiger partial charge on any atom is -0.325 e. The lowest BCUT2D eigenvalue weighted by molar-refractivity contribution is -0.113. The van der Waals surface area contributed by atoms with Crippen molar-refractivity contribution in [3.8, 4) is 0 Å². The van der Waals surface area contributed by atoms with Gasteiger partial charge in [0.25, 0.3) is 0 Å². The fraction of sp³-hybridized carbons (Fsp3) is 0.250. The molecule has 1 aromatic heterocycles. The number of carbonyl (C=O) groups is 1. The van der Waals surface area contributed by atoms with E-state index in [1.165, 1.54) is 11.8 Å². The topological polar surface area (TPSA) is 70.7 Å². The first-order chi connectivity index (χ1) is 8.65. The van der Waals surface area contributed by atoms with Crippen LogP contribution in [-0.2, 0) is 4.79 Å². The van der Waals surface area contributed by atoms with E-state index in [0.29, 0.717) is 10.9 Å². The normalized spacial score (nSPS) is 10.3. The lowest BCUT2D eigenvalue weighted by atomic mass is 10.2. The maximum atomic E-state index is 11.7. The molecule has 0 radical (unpaired) electrons. The molecular weight excluding hydrogens is 248 g/mol. The molecule has 94 valence electrons. The Balaban J connectivity index is 1.88. The SMILES string of the molecule is Cc1nc(SCC(=O)Nc2ccccc2C)n[nH]1. The zero-order chi connectivity index (χ0) is 13.0. The molecule has 0 spiro atoms. The van der Waals surface area contributed by atoms with E-state index in [1.807, 2.05) is 38.1 Å². The number of hydrogen-bond acceptors (Lipinski definition) is 4. The summed E-state index contributed by atoms with van der Waals surface area (Å²) in [6.07, 6.45) is 0. The summed E-state index contributed by atoms with van der Waals surface area (Å²) >= 11 is 1.31. The molecule has 0 aliphatic rings. The van der Waals surface area contributed by atoms with Crippen molar-refractivity contribution in [3.63, 3.8) is 0 Å². The van der Waals surface area contributed by atoms with E-state index in [0.717, 1.165) is 17.1 Å². The van der Waals surface area contributed by atoms with Crippen molar-refractivity contribution in [3.05, 3.63) is 35.7 Å². The molecule has 0 atom stereocenters. The van der Waals surface area contributed by atoms with Gasteiger partial charge in [0.1, 0.15) is 5.82 Å². The van der Waals surface area contributed by atoms with Crippen molar-refractivity contribution in [2.75, 3.05) is 11.1 Å². The summed E-state index contributed by atoms with van der Waals surface area (Å²) < 4.78 is 0.